The van der Waals surface area contributed by atoms with Crippen LogP contribution in [-0.4, -0.2) is 81.3 Å². The van der Waals surface area contributed by atoms with Crippen molar-refractivity contribution in [3.8, 4) is 0 Å². The average molecular weight is 601 g/mol. The van der Waals surface area contributed by atoms with Gasteiger partial charge in [0, 0.05) is 18.6 Å². The summed E-state index contributed by atoms with van der Waals surface area (Å²) in [6.07, 6.45) is 4.82. The Labute approximate surface area is 258 Å². The van der Waals surface area contributed by atoms with Gasteiger partial charge in [-0.1, -0.05) is 70.4 Å². The van der Waals surface area contributed by atoms with Crippen molar-refractivity contribution < 1.29 is 24.6 Å². The van der Waals surface area contributed by atoms with E-state index in [1.54, 1.807) is 0 Å². The molecule has 242 valence electrons. The average Bonchev–Trinajstić information content (AvgIpc) is 2.89. The molecule has 1 unspecified atom stereocenters. The predicted octanol–water partition coefficient (Wildman–Crippen LogP) is 3.17. The SMILES string of the molecule is CC(C)(C)NC(=O)[C@@H]1C[C@@H]2CCCCC2CN1C[C@@H](O)[C@H](Cc1ccccc1)NC(=O)[C@@H](NC(=O)C(C)(C)O)C(C)(C)C. The molecule has 1 aromatic carbocycles. The molecule has 43 heavy (non-hydrogen) atoms. The van der Waals surface area contributed by atoms with E-state index in [0.29, 0.717) is 18.3 Å². The molecule has 2 aliphatic rings. The zero-order chi connectivity index (χ0) is 32.2. The number of likely N-dealkylation sites (tertiary alicyclic amines) is 1. The molecule has 9 nitrogen and oxygen atoms in total. The van der Waals surface area contributed by atoms with Crippen molar-refractivity contribution in [2.24, 2.45) is 17.3 Å². The van der Waals surface area contributed by atoms with Crippen LogP contribution in [0.15, 0.2) is 30.3 Å². The van der Waals surface area contributed by atoms with E-state index in [-0.39, 0.29) is 24.0 Å². The summed E-state index contributed by atoms with van der Waals surface area (Å²) in [6.45, 7) is 15.2. The lowest BCUT2D eigenvalue weighted by atomic mass is 9.72. The van der Waals surface area contributed by atoms with Crippen LogP contribution in [0, 0.1) is 17.3 Å². The number of benzene rings is 1. The number of carbonyl (C=O) groups is 3. The van der Waals surface area contributed by atoms with Gasteiger partial charge in [0.2, 0.25) is 11.8 Å². The Morgan fingerprint density at radius 1 is 0.930 bits per heavy atom. The smallest absolute Gasteiger partial charge is 0.252 e. The summed E-state index contributed by atoms with van der Waals surface area (Å²) in [5.41, 5.74) is -1.73. The first kappa shape index (κ1) is 35.0. The lowest BCUT2D eigenvalue weighted by Crippen LogP contribution is -2.62. The molecule has 1 aromatic rings. The molecule has 2 fully saturated rings. The van der Waals surface area contributed by atoms with Crippen molar-refractivity contribution in [1.29, 1.82) is 0 Å². The molecule has 3 rings (SSSR count). The van der Waals surface area contributed by atoms with Gasteiger partial charge in [-0.15, -0.1) is 0 Å². The molecular formula is C34H56N4O5. The second-order valence-electron chi connectivity index (χ2n) is 15.5. The van der Waals surface area contributed by atoms with Gasteiger partial charge in [-0.05, 0) is 76.7 Å². The van der Waals surface area contributed by atoms with Crippen molar-refractivity contribution >= 4 is 17.7 Å². The van der Waals surface area contributed by atoms with Crippen LogP contribution in [0.4, 0.5) is 0 Å². The molecule has 1 saturated carbocycles. The number of piperidine rings is 1. The number of fused-ring (bicyclic) bond motifs is 1. The molecular weight excluding hydrogens is 544 g/mol. The summed E-state index contributed by atoms with van der Waals surface area (Å²) in [7, 11) is 0. The lowest BCUT2D eigenvalue weighted by molar-refractivity contribution is -0.141. The number of β-amino-alcohol motifs (C(OH)–C–C–N with tert-alkyl or cyclic N) is 1. The number of carbonyl (C=O) groups excluding carboxylic acids is 3. The van der Waals surface area contributed by atoms with Gasteiger partial charge < -0.3 is 26.2 Å². The third kappa shape index (κ3) is 10.3. The lowest BCUT2D eigenvalue weighted by Gasteiger charge is -2.47. The number of aliphatic hydroxyl groups is 2. The van der Waals surface area contributed by atoms with Gasteiger partial charge in [-0.2, -0.15) is 0 Å². The van der Waals surface area contributed by atoms with Crippen molar-refractivity contribution in [3.63, 3.8) is 0 Å². The minimum atomic E-state index is -1.65. The number of amides is 3. The first-order valence-electron chi connectivity index (χ1n) is 16.0. The third-order valence-corrected chi connectivity index (χ3v) is 8.77. The van der Waals surface area contributed by atoms with Crippen molar-refractivity contribution in [1.82, 2.24) is 20.9 Å². The zero-order valence-electron chi connectivity index (χ0n) is 27.6. The van der Waals surface area contributed by atoms with Gasteiger partial charge in [-0.25, -0.2) is 0 Å². The summed E-state index contributed by atoms with van der Waals surface area (Å²) < 4.78 is 0. The molecule has 3 amide bonds. The van der Waals surface area contributed by atoms with E-state index in [1.165, 1.54) is 26.7 Å². The Hall–Kier alpha value is -2.49. The maximum absolute atomic E-state index is 13.8. The van der Waals surface area contributed by atoms with Crippen molar-refractivity contribution in [2.45, 2.75) is 129 Å². The highest BCUT2D eigenvalue weighted by Crippen LogP contribution is 2.39. The second-order valence-corrected chi connectivity index (χ2v) is 15.5. The Kier molecular flexibility index (Phi) is 11.5. The molecule has 0 radical (unpaired) electrons. The summed E-state index contributed by atoms with van der Waals surface area (Å²) >= 11 is 0. The third-order valence-electron chi connectivity index (χ3n) is 8.77. The van der Waals surface area contributed by atoms with Crippen LogP contribution < -0.4 is 16.0 Å². The van der Waals surface area contributed by atoms with Crippen LogP contribution >= 0.6 is 0 Å². The Balaban J connectivity index is 1.86. The quantitative estimate of drug-likeness (QED) is 0.281. The maximum atomic E-state index is 13.8. The number of rotatable bonds is 10. The number of aliphatic hydroxyl groups excluding tert-OH is 1. The monoisotopic (exact) mass is 600 g/mol. The molecule has 1 aliphatic heterocycles. The molecule has 9 heteroatoms. The van der Waals surface area contributed by atoms with Gasteiger partial charge in [0.15, 0.2) is 0 Å². The minimum Gasteiger partial charge on any atom is -0.390 e. The van der Waals surface area contributed by atoms with E-state index in [9.17, 15) is 24.6 Å². The van der Waals surface area contributed by atoms with E-state index in [2.05, 4.69) is 20.9 Å². The fraction of sp³-hybridized carbons (Fsp3) is 0.735. The van der Waals surface area contributed by atoms with E-state index in [0.717, 1.165) is 31.4 Å². The second kappa shape index (κ2) is 14.1. The number of nitrogens with zero attached hydrogens (tertiary/aromatic N) is 1. The molecule has 1 heterocycles. The molecule has 1 aliphatic carbocycles. The van der Waals surface area contributed by atoms with Crippen LogP contribution in [-0.2, 0) is 20.8 Å². The van der Waals surface area contributed by atoms with Crippen molar-refractivity contribution in [2.75, 3.05) is 13.1 Å². The first-order chi connectivity index (χ1) is 19.8. The van der Waals surface area contributed by atoms with Crippen LogP contribution in [0.5, 0.6) is 0 Å². The van der Waals surface area contributed by atoms with Crippen LogP contribution in [0.3, 0.4) is 0 Å². The normalized spacial score (nSPS) is 23.8. The Morgan fingerprint density at radius 2 is 1.53 bits per heavy atom. The summed E-state index contributed by atoms with van der Waals surface area (Å²) in [4.78, 5) is 42.1. The fourth-order valence-electron chi connectivity index (χ4n) is 6.39. The highest BCUT2D eigenvalue weighted by Gasteiger charge is 2.43. The van der Waals surface area contributed by atoms with Gasteiger partial charge >= 0.3 is 0 Å². The van der Waals surface area contributed by atoms with Gasteiger partial charge in [0.05, 0.1) is 18.2 Å². The topological polar surface area (TPSA) is 131 Å². The number of hydrogen-bond donors (Lipinski definition) is 5. The molecule has 0 aromatic heterocycles. The Morgan fingerprint density at radius 3 is 2.09 bits per heavy atom. The highest BCUT2D eigenvalue weighted by molar-refractivity contribution is 5.91. The molecule has 6 atom stereocenters. The standard InChI is InChI=1S/C34H56N4O5/c1-32(2,3)28(36-31(42)34(7,8)43)30(41)35-25(18-22-14-10-9-11-15-22)27(39)21-38-20-24-17-13-12-16-23(24)19-26(38)29(40)37-33(4,5)6/h9-11,14-15,23-28,39,43H,12-13,16-21H2,1-8H3,(H,35,41)(H,36,42)(H,37,40)/t23-,24?,25-,26-,27+,28+/m0/s1. The van der Waals surface area contributed by atoms with Crippen LogP contribution in [0.2, 0.25) is 0 Å². The van der Waals surface area contributed by atoms with Gasteiger partial charge in [-0.3, -0.25) is 19.3 Å². The van der Waals surface area contributed by atoms with E-state index < -0.39 is 41.0 Å². The molecule has 5 N–H and O–H groups in total. The fourth-order valence-corrected chi connectivity index (χ4v) is 6.39. The predicted molar refractivity (Wildman–Crippen MR) is 169 cm³/mol. The van der Waals surface area contributed by atoms with E-state index >= 15 is 0 Å². The largest absolute Gasteiger partial charge is 0.390 e. The first-order valence-corrected chi connectivity index (χ1v) is 16.0. The van der Waals surface area contributed by atoms with Gasteiger partial charge in [0.25, 0.3) is 5.91 Å². The van der Waals surface area contributed by atoms with Crippen molar-refractivity contribution in [3.05, 3.63) is 35.9 Å². The summed E-state index contributed by atoms with van der Waals surface area (Å²) in [5.74, 6) is -0.105. The Bertz CT molecular complexity index is 1090. The summed E-state index contributed by atoms with van der Waals surface area (Å²) in [5, 5.41) is 30.9. The minimum absolute atomic E-state index is 0.0190. The number of hydrogen-bond acceptors (Lipinski definition) is 6. The van der Waals surface area contributed by atoms with E-state index in [4.69, 9.17) is 0 Å². The van der Waals surface area contributed by atoms with Crippen LogP contribution in [0.25, 0.3) is 0 Å². The number of nitrogens with one attached hydrogen (secondary N) is 3. The zero-order valence-corrected chi connectivity index (χ0v) is 27.6. The molecule has 0 bridgehead atoms. The van der Waals surface area contributed by atoms with Crippen LogP contribution in [0.1, 0.15) is 93.1 Å². The highest BCUT2D eigenvalue weighted by atomic mass is 16.3. The summed E-state index contributed by atoms with van der Waals surface area (Å²) in [6, 6.07) is 7.70. The van der Waals surface area contributed by atoms with E-state index in [1.807, 2.05) is 71.9 Å². The molecule has 0 spiro atoms. The molecule has 1 saturated heterocycles. The van der Waals surface area contributed by atoms with Gasteiger partial charge in [0.1, 0.15) is 11.6 Å². The maximum Gasteiger partial charge on any atom is 0.252 e.